The van der Waals surface area contributed by atoms with Crippen LogP contribution in [0, 0.1) is 12.7 Å². The van der Waals surface area contributed by atoms with E-state index in [1.54, 1.807) is 12.4 Å². The molecule has 0 bridgehead atoms. The minimum absolute atomic E-state index is 0.148. The molecule has 0 spiro atoms. The highest BCUT2D eigenvalue weighted by atomic mass is 19.1. The van der Waals surface area contributed by atoms with E-state index in [-0.39, 0.29) is 11.2 Å². The van der Waals surface area contributed by atoms with Gasteiger partial charge in [0.05, 0.1) is 65.3 Å². The molecule has 0 N–H and O–H groups in total. The van der Waals surface area contributed by atoms with Crippen molar-refractivity contribution < 1.29 is 9.13 Å². The van der Waals surface area contributed by atoms with Crippen LogP contribution in [0.25, 0.3) is 22.3 Å². The van der Waals surface area contributed by atoms with Gasteiger partial charge in [-0.15, -0.1) is 0 Å². The van der Waals surface area contributed by atoms with E-state index in [0.29, 0.717) is 11.4 Å². The Balaban J connectivity index is 1.57. The van der Waals surface area contributed by atoms with E-state index in [2.05, 4.69) is 39.7 Å². The van der Waals surface area contributed by atoms with E-state index in [9.17, 15) is 4.39 Å². The fourth-order valence-electron chi connectivity index (χ4n) is 5.24. The number of rotatable bonds is 3. The smallest absolute Gasteiger partial charge is 0.126 e. The van der Waals surface area contributed by atoms with Gasteiger partial charge in [-0.25, -0.2) is 9.37 Å². The highest BCUT2D eigenvalue weighted by Crippen LogP contribution is 2.48. The van der Waals surface area contributed by atoms with Crippen molar-refractivity contribution in [1.29, 1.82) is 0 Å². The molecule has 1 fully saturated rings. The average molecular weight is 471 g/mol. The summed E-state index contributed by atoms with van der Waals surface area (Å²) < 4.78 is 19.7. The van der Waals surface area contributed by atoms with E-state index in [4.69, 9.17) is 14.7 Å². The van der Waals surface area contributed by atoms with Gasteiger partial charge in [-0.1, -0.05) is 13.8 Å². The molecular weight excluding hydrogens is 443 g/mol. The summed E-state index contributed by atoms with van der Waals surface area (Å²) in [4.78, 5) is 23.2. The molecule has 0 atom stereocenters. The number of hydrogen-bond acceptors (Lipinski definition) is 7. The molecule has 4 aromatic heterocycles. The van der Waals surface area contributed by atoms with Gasteiger partial charge in [-0.05, 0) is 25.1 Å². The molecule has 2 aliphatic heterocycles. The van der Waals surface area contributed by atoms with Crippen molar-refractivity contribution in [2.45, 2.75) is 26.2 Å². The van der Waals surface area contributed by atoms with Crippen LogP contribution in [0.5, 0.6) is 0 Å². The lowest BCUT2D eigenvalue weighted by atomic mass is 9.91. The molecule has 178 valence electrons. The Labute approximate surface area is 203 Å². The van der Waals surface area contributed by atoms with Crippen LogP contribution in [0.2, 0.25) is 0 Å². The number of nitrogens with zero attached hydrogens (tertiary/aromatic N) is 6. The third-order valence-electron chi connectivity index (χ3n) is 6.95. The molecule has 2 aliphatic rings. The molecule has 6 heterocycles. The summed E-state index contributed by atoms with van der Waals surface area (Å²) >= 11 is 0. The van der Waals surface area contributed by atoms with Crippen LogP contribution in [-0.2, 0) is 10.2 Å². The average Bonchev–Trinajstić information content (AvgIpc) is 3.14. The van der Waals surface area contributed by atoms with E-state index >= 15 is 0 Å². The van der Waals surface area contributed by atoms with Crippen LogP contribution in [0.4, 0.5) is 21.5 Å². The standard InChI is InChI=1S/C27H27FN6O/c1-17-24(21-12-18(28)4-7-30-21)32-22-15-29-6-5-20(22)25(17)34-16-27(2,3)26-23(34)13-19(14-31-26)33-8-10-35-11-9-33/h4-7,12-15H,8-11,16H2,1-3H3. The zero-order valence-corrected chi connectivity index (χ0v) is 20.1. The zero-order chi connectivity index (χ0) is 24.2. The number of halogens is 1. The van der Waals surface area contributed by atoms with Gasteiger partial charge in [-0.2, -0.15) is 0 Å². The fourth-order valence-corrected chi connectivity index (χ4v) is 5.24. The lowest BCUT2D eigenvalue weighted by Crippen LogP contribution is -2.36. The van der Waals surface area contributed by atoms with Gasteiger partial charge in [-0.3, -0.25) is 15.0 Å². The van der Waals surface area contributed by atoms with Crippen LogP contribution < -0.4 is 9.80 Å². The summed E-state index contributed by atoms with van der Waals surface area (Å²) in [5.41, 5.74) is 7.00. The third kappa shape index (κ3) is 3.69. The number of fused-ring (bicyclic) bond motifs is 2. The Morgan fingerprint density at radius 2 is 1.86 bits per heavy atom. The quantitative estimate of drug-likeness (QED) is 0.426. The number of ether oxygens (including phenoxy) is 1. The summed E-state index contributed by atoms with van der Waals surface area (Å²) in [6.07, 6.45) is 7.01. The Hall–Kier alpha value is -3.65. The lowest BCUT2D eigenvalue weighted by molar-refractivity contribution is 0.122. The predicted molar refractivity (Wildman–Crippen MR) is 135 cm³/mol. The molecule has 35 heavy (non-hydrogen) atoms. The first-order chi connectivity index (χ1) is 16.9. The van der Waals surface area contributed by atoms with Crippen molar-refractivity contribution >= 4 is 28.0 Å². The molecule has 0 radical (unpaired) electrons. The molecule has 7 nitrogen and oxygen atoms in total. The largest absolute Gasteiger partial charge is 0.378 e. The van der Waals surface area contributed by atoms with E-state index < -0.39 is 0 Å². The molecule has 8 heteroatoms. The van der Waals surface area contributed by atoms with Crippen molar-refractivity contribution in [2.75, 3.05) is 42.6 Å². The van der Waals surface area contributed by atoms with E-state index in [0.717, 1.165) is 72.1 Å². The maximum atomic E-state index is 14.1. The minimum atomic E-state index is -0.337. The summed E-state index contributed by atoms with van der Waals surface area (Å²) in [6.45, 7) is 10.4. The van der Waals surface area contributed by atoms with Gasteiger partial charge in [0.15, 0.2) is 0 Å². The van der Waals surface area contributed by atoms with Crippen LogP contribution in [0.15, 0.2) is 49.1 Å². The zero-order valence-electron chi connectivity index (χ0n) is 20.1. The number of pyridine rings is 4. The summed E-state index contributed by atoms with van der Waals surface area (Å²) in [6, 6.07) is 7.02. The normalized spacial score (nSPS) is 17.1. The Kier molecular flexibility index (Phi) is 5.14. The summed E-state index contributed by atoms with van der Waals surface area (Å²) in [5, 5.41) is 0.998. The van der Waals surface area contributed by atoms with Crippen molar-refractivity contribution in [3.63, 3.8) is 0 Å². The second-order valence-electron chi connectivity index (χ2n) is 9.82. The molecule has 0 aliphatic carbocycles. The predicted octanol–water partition coefficient (Wildman–Crippen LogP) is 4.80. The van der Waals surface area contributed by atoms with Crippen molar-refractivity contribution in [3.05, 3.63) is 66.1 Å². The monoisotopic (exact) mass is 470 g/mol. The second-order valence-corrected chi connectivity index (χ2v) is 9.82. The van der Waals surface area contributed by atoms with Crippen molar-refractivity contribution in [2.24, 2.45) is 0 Å². The van der Waals surface area contributed by atoms with Crippen LogP contribution >= 0.6 is 0 Å². The summed E-state index contributed by atoms with van der Waals surface area (Å²) in [7, 11) is 0. The highest BCUT2D eigenvalue weighted by Gasteiger charge is 2.39. The number of morpholine rings is 1. The number of aromatic nitrogens is 4. The minimum Gasteiger partial charge on any atom is -0.378 e. The first-order valence-electron chi connectivity index (χ1n) is 11.9. The van der Waals surface area contributed by atoms with Gasteiger partial charge in [0.25, 0.3) is 0 Å². The van der Waals surface area contributed by atoms with E-state index in [1.165, 1.54) is 18.3 Å². The number of anilines is 3. The Morgan fingerprint density at radius 1 is 1.03 bits per heavy atom. The SMILES string of the molecule is Cc1c(-c2cc(F)ccn2)nc2cnccc2c1N1CC(C)(C)c2ncc(N3CCOCC3)cc21. The maximum absolute atomic E-state index is 14.1. The Bertz CT molecular complexity index is 1430. The van der Waals surface area contributed by atoms with Crippen molar-refractivity contribution in [3.8, 4) is 11.4 Å². The van der Waals surface area contributed by atoms with Gasteiger partial charge in [0.1, 0.15) is 5.82 Å². The molecule has 6 rings (SSSR count). The number of hydrogen-bond donors (Lipinski definition) is 0. The molecular formula is C27H27FN6O. The van der Waals surface area contributed by atoms with Crippen molar-refractivity contribution in [1.82, 2.24) is 19.9 Å². The van der Waals surface area contributed by atoms with Gasteiger partial charge in [0.2, 0.25) is 0 Å². The first kappa shape index (κ1) is 21.9. The fraction of sp³-hybridized carbons (Fsp3) is 0.333. The topological polar surface area (TPSA) is 67.3 Å². The van der Waals surface area contributed by atoms with E-state index in [1.807, 2.05) is 19.2 Å². The van der Waals surface area contributed by atoms with Gasteiger partial charge < -0.3 is 14.5 Å². The maximum Gasteiger partial charge on any atom is 0.126 e. The molecule has 4 aromatic rings. The van der Waals surface area contributed by atoms with Crippen LogP contribution in [0.3, 0.4) is 0 Å². The first-order valence-corrected chi connectivity index (χ1v) is 11.9. The van der Waals surface area contributed by atoms with Crippen LogP contribution in [0.1, 0.15) is 25.1 Å². The van der Waals surface area contributed by atoms with Gasteiger partial charge in [0, 0.05) is 54.5 Å². The third-order valence-corrected chi connectivity index (χ3v) is 6.95. The Morgan fingerprint density at radius 3 is 2.66 bits per heavy atom. The van der Waals surface area contributed by atoms with Crippen LogP contribution in [-0.4, -0.2) is 52.8 Å². The molecule has 0 saturated carbocycles. The second kappa shape index (κ2) is 8.23. The lowest BCUT2D eigenvalue weighted by Gasteiger charge is -2.30. The molecule has 0 unspecified atom stereocenters. The molecule has 0 aromatic carbocycles. The summed E-state index contributed by atoms with van der Waals surface area (Å²) in [5.74, 6) is -0.337. The van der Waals surface area contributed by atoms with Gasteiger partial charge >= 0.3 is 0 Å². The molecule has 1 saturated heterocycles. The molecule has 0 amide bonds. The highest BCUT2D eigenvalue weighted by molar-refractivity contribution is 5.99.